The number of ether oxygens (including phenoxy) is 1. The number of rotatable bonds is 6. The molecule has 0 amide bonds. The van der Waals surface area contributed by atoms with Crippen LogP contribution < -0.4 is 5.32 Å². The van der Waals surface area contributed by atoms with Gasteiger partial charge >= 0.3 is 0 Å². The van der Waals surface area contributed by atoms with Crippen molar-refractivity contribution >= 4 is 0 Å². The quantitative estimate of drug-likeness (QED) is 0.664. The van der Waals surface area contributed by atoms with Crippen LogP contribution in [0.1, 0.15) is 46.0 Å². The first-order valence-corrected chi connectivity index (χ1v) is 6.18. The topological polar surface area (TPSA) is 21.3 Å². The van der Waals surface area contributed by atoms with E-state index in [2.05, 4.69) is 19.2 Å². The Balaban J connectivity index is 2.12. The van der Waals surface area contributed by atoms with Gasteiger partial charge in [-0.3, -0.25) is 0 Å². The van der Waals surface area contributed by atoms with Crippen LogP contribution in [0.25, 0.3) is 0 Å². The zero-order valence-corrected chi connectivity index (χ0v) is 9.72. The predicted molar refractivity (Wildman–Crippen MR) is 60.5 cm³/mol. The van der Waals surface area contributed by atoms with Gasteiger partial charge in [0.2, 0.25) is 0 Å². The molecule has 2 nitrogen and oxygen atoms in total. The van der Waals surface area contributed by atoms with Crippen molar-refractivity contribution in [2.75, 3.05) is 19.8 Å². The van der Waals surface area contributed by atoms with Gasteiger partial charge in [0.05, 0.1) is 0 Å². The molecular weight excluding hydrogens is 174 g/mol. The lowest BCUT2D eigenvalue weighted by atomic mass is 9.86. The summed E-state index contributed by atoms with van der Waals surface area (Å²) in [5.74, 6) is 0.805. The van der Waals surface area contributed by atoms with Crippen LogP contribution in [0.5, 0.6) is 0 Å². The molecule has 0 bridgehead atoms. The van der Waals surface area contributed by atoms with E-state index in [1.54, 1.807) is 0 Å². The Morgan fingerprint density at radius 3 is 2.86 bits per heavy atom. The number of nitrogens with one attached hydrogen (secondary N) is 1. The molecule has 1 aliphatic rings. The Bertz CT molecular complexity index is 136. The first-order valence-electron chi connectivity index (χ1n) is 6.18. The average Bonchev–Trinajstić information content (AvgIpc) is 2.19. The van der Waals surface area contributed by atoms with E-state index in [0.717, 1.165) is 38.1 Å². The van der Waals surface area contributed by atoms with E-state index in [1.807, 2.05) is 0 Å². The van der Waals surface area contributed by atoms with Crippen molar-refractivity contribution in [3.05, 3.63) is 0 Å². The molecule has 0 aromatic carbocycles. The van der Waals surface area contributed by atoms with E-state index in [9.17, 15) is 0 Å². The first kappa shape index (κ1) is 12.0. The van der Waals surface area contributed by atoms with Crippen molar-refractivity contribution in [1.82, 2.24) is 5.32 Å². The Kier molecular flexibility index (Phi) is 6.20. The molecule has 1 rings (SSSR count). The van der Waals surface area contributed by atoms with E-state index in [0.29, 0.717) is 0 Å². The molecule has 2 heteroatoms. The molecule has 14 heavy (non-hydrogen) atoms. The second-order valence-corrected chi connectivity index (χ2v) is 4.36. The van der Waals surface area contributed by atoms with E-state index < -0.39 is 0 Å². The second kappa shape index (κ2) is 7.24. The largest absolute Gasteiger partial charge is 0.381 e. The van der Waals surface area contributed by atoms with Crippen molar-refractivity contribution in [1.29, 1.82) is 0 Å². The zero-order valence-electron chi connectivity index (χ0n) is 9.72. The predicted octanol–water partition coefficient (Wildman–Crippen LogP) is 2.58. The molecule has 2 unspecified atom stereocenters. The summed E-state index contributed by atoms with van der Waals surface area (Å²) < 4.78 is 5.62. The molecule has 0 aliphatic heterocycles. The fourth-order valence-corrected chi connectivity index (χ4v) is 2.31. The highest BCUT2D eigenvalue weighted by Crippen LogP contribution is 2.24. The van der Waals surface area contributed by atoms with Gasteiger partial charge < -0.3 is 10.1 Å². The third kappa shape index (κ3) is 4.43. The van der Waals surface area contributed by atoms with Crippen LogP contribution in [-0.4, -0.2) is 25.8 Å². The molecule has 2 atom stereocenters. The average molecular weight is 199 g/mol. The van der Waals surface area contributed by atoms with Crippen LogP contribution in [0.3, 0.4) is 0 Å². The normalized spacial score (nSPS) is 27.9. The molecule has 0 radical (unpaired) electrons. The summed E-state index contributed by atoms with van der Waals surface area (Å²) >= 11 is 0. The van der Waals surface area contributed by atoms with E-state index in [-0.39, 0.29) is 0 Å². The summed E-state index contributed by atoms with van der Waals surface area (Å²) in [6, 6.07) is 0.754. The van der Waals surface area contributed by atoms with Gasteiger partial charge in [-0.25, -0.2) is 0 Å². The molecule has 0 heterocycles. The van der Waals surface area contributed by atoms with Crippen molar-refractivity contribution in [3.8, 4) is 0 Å². The molecule has 0 aromatic heterocycles. The van der Waals surface area contributed by atoms with Gasteiger partial charge in [-0.1, -0.05) is 20.3 Å². The molecular formula is C12H25NO. The van der Waals surface area contributed by atoms with Gasteiger partial charge in [-0.2, -0.15) is 0 Å². The van der Waals surface area contributed by atoms with Crippen LogP contribution in [0.15, 0.2) is 0 Å². The number of hydrogen-bond acceptors (Lipinski definition) is 2. The molecule has 1 aliphatic carbocycles. The minimum atomic E-state index is 0.754. The van der Waals surface area contributed by atoms with Gasteiger partial charge in [0.25, 0.3) is 0 Å². The fraction of sp³-hybridized carbons (Fsp3) is 1.00. The Morgan fingerprint density at radius 1 is 1.29 bits per heavy atom. The summed E-state index contributed by atoms with van der Waals surface area (Å²) in [5, 5.41) is 3.55. The van der Waals surface area contributed by atoms with Crippen LogP contribution in [-0.2, 0) is 4.74 Å². The maximum Gasteiger partial charge on any atom is 0.0494 e. The highest BCUT2D eigenvalue weighted by molar-refractivity contribution is 4.77. The van der Waals surface area contributed by atoms with Gasteiger partial charge in [0, 0.05) is 19.3 Å². The summed E-state index contributed by atoms with van der Waals surface area (Å²) in [5.41, 5.74) is 0. The molecule has 0 aromatic rings. The minimum absolute atomic E-state index is 0.754. The SMILES string of the molecule is CCCOCC1CCCC(NCC)C1. The highest BCUT2D eigenvalue weighted by atomic mass is 16.5. The zero-order chi connectivity index (χ0) is 10.2. The van der Waals surface area contributed by atoms with E-state index >= 15 is 0 Å². The summed E-state index contributed by atoms with van der Waals surface area (Å²) in [4.78, 5) is 0. The maximum absolute atomic E-state index is 5.62. The Hall–Kier alpha value is -0.0800. The molecule has 0 spiro atoms. The van der Waals surface area contributed by atoms with Crippen molar-refractivity contribution in [2.45, 2.75) is 52.0 Å². The summed E-state index contributed by atoms with van der Waals surface area (Å²) in [6.07, 6.45) is 6.56. The first-order chi connectivity index (χ1) is 6.86. The van der Waals surface area contributed by atoms with Crippen LogP contribution in [0, 0.1) is 5.92 Å². The summed E-state index contributed by atoms with van der Waals surface area (Å²) in [7, 11) is 0. The lowest BCUT2D eigenvalue weighted by molar-refractivity contribution is 0.0795. The standard InChI is InChI=1S/C12H25NO/c1-3-8-14-10-11-6-5-7-12(9-11)13-4-2/h11-13H,3-10H2,1-2H3. The smallest absolute Gasteiger partial charge is 0.0494 e. The van der Waals surface area contributed by atoms with E-state index in [1.165, 1.54) is 25.7 Å². The van der Waals surface area contributed by atoms with Crippen molar-refractivity contribution < 1.29 is 4.74 Å². The van der Waals surface area contributed by atoms with Gasteiger partial charge in [0.1, 0.15) is 0 Å². The third-order valence-electron chi connectivity index (χ3n) is 2.98. The molecule has 1 N–H and O–H groups in total. The molecule has 1 fully saturated rings. The molecule has 1 saturated carbocycles. The van der Waals surface area contributed by atoms with E-state index in [4.69, 9.17) is 4.74 Å². The molecule has 84 valence electrons. The number of hydrogen-bond donors (Lipinski definition) is 1. The lowest BCUT2D eigenvalue weighted by Gasteiger charge is -2.29. The van der Waals surface area contributed by atoms with Crippen molar-refractivity contribution in [3.63, 3.8) is 0 Å². The second-order valence-electron chi connectivity index (χ2n) is 4.36. The monoisotopic (exact) mass is 199 g/mol. The third-order valence-corrected chi connectivity index (χ3v) is 2.98. The van der Waals surface area contributed by atoms with Gasteiger partial charge in [0.15, 0.2) is 0 Å². The van der Waals surface area contributed by atoms with Gasteiger partial charge in [-0.05, 0) is 38.1 Å². The minimum Gasteiger partial charge on any atom is -0.381 e. The van der Waals surface area contributed by atoms with Crippen LogP contribution >= 0.6 is 0 Å². The fourth-order valence-electron chi connectivity index (χ4n) is 2.31. The summed E-state index contributed by atoms with van der Waals surface area (Å²) in [6.45, 7) is 7.38. The highest BCUT2D eigenvalue weighted by Gasteiger charge is 2.20. The lowest BCUT2D eigenvalue weighted by Crippen LogP contribution is -2.35. The Labute approximate surface area is 88.4 Å². The van der Waals surface area contributed by atoms with Gasteiger partial charge in [-0.15, -0.1) is 0 Å². The van der Waals surface area contributed by atoms with Crippen LogP contribution in [0.2, 0.25) is 0 Å². The maximum atomic E-state index is 5.62. The Morgan fingerprint density at radius 2 is 2.14 bits per heavy atom. The molecule has 0 saturated heterocycles. The van der Waals surface area contributed by atoms with Crippen LogP contribution in [0.4, 0.5) is 0 Å². The van der Waals surface area contributed by atoms with Crippen molar-refractivity contribution in [2.24, 2.45) is 5.92 Å².